The number of carbonyl (C=O) groups excluding carboxylic acids is 2. The molecule has 0 bridgehead atoms. The minimum absolute atomic E-state index is 0.110. The number of carbonyl (C=O) groups is 2. The minimum atomic E-state index is -1.20. The summed E-state index contributed by atoms with van der Waals surface area (Å²) in [6.07, 6.45) is 6.64. The Bertz CT molecular complexity index is 889. The molecule has 1 saturated heterocycles. The summed E-state index contributed by atoms with van der Waals surface area (Å²) in [4.78, 5) is 26.8. The van der Waals surface area contributed by atoms with Crippen LogP contribution in [0.4, 0.5) is 0 Å². The average molecular weight is 445 g/mol. The van der Waals surface area contributed by atoms with Gasteiger partial charge in [0.1, 0.15) is 17.6 Å². The van der Waals surface area contributed by atoms with Crippen LogP contribution in [0.2, 0.25) is 0 Å². The molecule has 1 aliphatic heterocycles. The van der Waals surface area contributed by atoms with Crippen LogP contribution >= 0.6 is 0 Å². The van der Waals surface area contributed by atoms with E-state index in [0.717, 1.165) is 18.4 Å². The van der Waals surface area contributed by atoms with Gasteiger partial charge in [-0.1, -0.05) is 37.1 Å². The summed E-state index contributed by atoms with van der Waals surface area (Å²) in [5, 5.41) is 21.5. The molecule has 3 atom stereocenters. The van der Waals surface area contributed by atoms with Gasteiger partial charge >= 0.3 is 0 Å². The van der Waals surface area contributed by atoms with Gasteiger partial charge < -0.3 is 14.9 Å². The van der Waals surface area contributed by atoms with Crippen molar-refractivity contribution in [3.05, 3.63) is 46.0 Å². The van der Waals surface area contributed by atoms with Crippen molar-refractivity contribution in [2.24, 2.45) is 11.3 Å². The SMILES string of the molecule is CC[C@@H](C)C(=O)C1=C2O[C@H](C(C)(C)O)C[C@]2(C/C=C(\C)CCC=C(C)C)C(=O)C(C)=C1O. The van der Waals surface area contributed by atoms with Gasteiger partial charge in [-0.05, 0) is 67.2 Å². The molecule has 0 aromatic carbocycles. The second-order valence-electron chi connectivity index (χ2n) is 10.3. The van der Waals surface area contributed by atoms with Gasteiger partial charge in [0, 0.05) is 17.9 Å². The van der Waals surface area contributed by atoms with Crippen LogP contribution in [0.15, 0.2) is 46.0 Å². The van der Waals surface area contributed by atoms with E-state index in [1.54, 1.807) is 20.8 Å². The van der Waals surface area contributed by atoms with Gasteiger partial charge in [-0.2, -0.15) is 0 Å². The second kappa shape index (κ2) is 9.78. The molecule has 0 aromatic rings. The Kier molecular flexibility index (Phi) is 7.98. The molecule has 2 N–H and O–H groups in total. The van der Waals surface area contributed by atoms with Crippen molar-refractivity contribution in [3.8, 4) is 0 Å². The third kappa shape index (κ3) is 5.09. The van der Waals surface area contributed by atoms with E-state index in [1.807, 2.05) is 26.8 Å². The fourth-order valence-electron chi connectivity index (χ4n) is 4.32. The zero-order valence-electron chi connectivity index (χ0n) is 21.0. The molecule has 1 aliphatic carbocycles. The van der Waals surface area contributed by atoms with Crippen LogP contribution in [0, 0.1) is 11.3 Å². The number of ketones is 2. The quantitative estimate of drug-likeness (QED) is 0.433. The second-order valence-corrected chi connectivity index (χ2v) is 10.3. The number of allylic oxidation sites excluding steroid dienone is 7. The van der Waals surface area contributed by atoms with E-state index >= 15 is 0 Å². The van der Waals surface area contributed by atoms with Crippen LogP contribution in [0.1, 0.15) is 87.5 Å². The molecular weight excluding hydrogens is 404 g/mol. The van der Waals surface area contributed by atoms with Crippen molar-refractivity contribution in [3.63, 3.8) is 0 Å². The maximum absolute atomic E-state index is 13.6. The third-order valence-corrected chi connectivity index (χ3v) is 6.81. The Morgan fingerprint density at radius 1 is 1.28 bits per heavy atom. The average Bonchev–Trinajstić information content (AvgIpc) is 3.11. The van der Waals surface area contributed by atoms with E-state index < -0.39 is 17.1 Å². The molecule has 1 heterocycles. The molecule has 0 radical (unpaired) electrons. The van der Waals surface area contributed by atoms with E-state index in [2.05, 4.69) is 19.9 Å². The van der Waals surface area contributed by atoms with Gasteiger partial charge in [-0.15, -0.1) is 0 Å². The number of fused-ring (bicyclic) bond motifs is 1. The molecule has 2 rings (SSSR count). The molecule has 32 heavy (non-hydrogen) atoms. The highest BCUT2D eigenvalue weighted by molar-refractivity contribution is 6.11. The summed E-state index contributed by atoms with van der Waals surface area (Å²) < 4.78 is 6.15. The molecular formula is C27H40O5. The van der Waals surface area contributed by atoms with Crippen LogP contribution in [0.3, 0.4) is 0 Å². The Hall–Kier alpha value is -2.14. The standard InChI is InChI=1S/C27H40O5/c1-9-18(5)22(28)21-23(29)19(6)24(30)27(14-13-17(4)12-10-11-16(2)3)15-20(26(7,8)31)32-25(21)27/h11,13,18,20,29,31H,9-10,12,14-15H2,1-8H3/b17-13+/t18-,20+,27-/m1/s1. The number of aliphatic hydroxyl groups excluding tert-OH is 1. The Labute approximate surface area is 192 Å². The first-order valence-corrected chi connectivity index (χ1v) is 11.7. The number of hydrogen-bond acceptors (Lipinski definition) is 5. The molecule has 0 saturated carbocycles. The number of Topliss-reactive ketones (excluding diaryl/α,β-unsaturated/α-hetero) is 2. The van der Waals surface area contributed by atoms with E-state index in [0.29, 0.717) is 12.8 Å². The summed E-state index contributed by atoms with van der Waals surface area (Å²) in [5.41, 5.74) is 0.438. The lowest BCUT2D eigenvalue weighted by atomic mass is 9.67. The highest BCUT2D eigenvalue weighted by Gasteiger charge is 2.58. The molecule has 178 valence electrons. The summed E-state index contributed by atoms with van der Waals surface area (Å²) in [7, 11) is 0. The van der Waals surface area contributed by atoms with E-state index in [-0.39, 0.29) is 46.6 Å². The van der Waals surface area contributed by atoms with Crippen molar-refractivity contribution in [2.75, 3.05) is 0 Å². The fraction of sp³-hybridized carbons (Fsp3) is 0.630. The van der Waals surface area contributed by atoms with Gasteiger partial charge in [0.25, 0.3) is 0 Å². The van der Waals surface area contributed by atoms with Crippen LogP contribution in [0.5, 0.6) is 0 Å². The lowest BCUT2D eigenvalue weighted by Gasteiger charge is -2.32. The molecule has 1 fully saturated rings. The molecule has 0 spiro atoms. The van der Waals surface area contributed by atoms with Crippen LogP contribution in [-0.2, 0) is 14.3 Å². The zero-order valence-corrected chi connectivity index (χ0v) is 21.0. The van der Waals surface area contributed by atoms with E-state index in [4.69, 9.17) is 4.74 Å². The predicted molar refractivity (Wildman–Crippen MR) is 127 cm³/mol. The Morgan fingerprint density at radius 3 is 2.44 bits per heavy atom. The summed E-state index contributed by atoms with van der Waals surface area (Å²) in [6.45, 7) is 14.8. The Balaban J connectivity index is 2.58. The monoisotopic (exact) mass is 444 g/mol. The molecule has 5 heteroatoms. The zero-order chi connectivity index (χ0) is 24.4. The van der Waals surface area contributed by atoms with E-state index in [9.17, 15) is 19.8 Å². The maximum Gasteiger partial charge on any atom is 0.176 e. The van der Waals surface area contributed by atoms with Crippen molar-refractivity contribution in [1.29, 1.82) is 0 Å². The van der Waals surface area contributed by atoms with Gasteiger partial charge in [0.15, 0.2) is 11.6 Å². The third-order valence-electron chi connectivity index (χ3n) is 6.81. The topological polar surface area (TPSA) is 83.8 Å². The summed E-state index contributed by atoms with van der Waals surface area (Å²) >= 11 is 0. The van der Waals surface area contributed by atoms with Crippen molar-refractivity contribution in [2.45, 2.75) is 99.2 Å². The largest absolute Gasteiger partial charge is 0.507 e. The van der Waals surface area contributed by atoms with Gasteiger partial charge in [0.05, 0.1) is 16.6 Å². The molecule has 5 nitrogen and oxygen atoms in total. The number of ether oxygens (including phenoxy) is 1. The summed E-state index contributed by atoms with van der Waals surface area (Å²) in [6, 6.07) is 0. The predicted octanol–water partition coefficient (Wildman–Crippen LogP) is 5.90. The van der Waals surface area contributed by atoms with Gasteiger partial charge in [0.2, 0.25) is 0 Å². The maximum atomic E-state index is 13.6. The molecule has 0 aromatic heterocycles. The summed E-state index contributed by atoms with van der Waals surface area (Å²) in [5.74, 6) is -0.824. The normalized spacial score (nSPS) is 25.0. The lowest BCUT2D eigenvalue weighted by molar-refractivity contribution is -0.124. The first-order chi connectivity index (χ1) is 14.8. The number of hydrogen-bond donors (Lipinski definition) is 2. The molecule has 2 aliphatic rings. The number of rotatable bonds is 9. The van der Waals surface area contributed by atoms with Crippen molar-refractivity contribution >= 4 is 11.6 Å². The highest BCUT2D eigenvalue weighted by Crippen LogP contribution is 2.54. The van der Waals surface area contributed by atoms with Crippen LogP contribution in [-0.4, -0.2) is 33.5 Å². The number of aliphatic hydroxyl groups is 2. The molecule has 0 amide bonds. The molecule has 0 unspecified atom stereocenters. The van der Waals surface area contributed by atoms with Gasteiger partial charge in [-0.3, -0.25) is 9.59 Å². The lowest BCUT2D eigenvalue weighted by Crippen LogP contribution is -2.39. The van der Waals surface area contributed by atoms with Crippen molar-refractivity contribution < 1.29 is 24.5 Å². The Morgan fingerprint density at radius 2 is 1.91 bits per heavy atom. The van der Waals surface area contributed by atoms with Crippen LogP contribution in [0.25, 0.3) is 0 Å². The van der Waals surface area contributed by atoms with E-state index in [1.165, 1.54) is 5.57 Å². The smallest absolute Gasteiger partial charge is 0.176 e. The highest BCUT2D eigenvalue weighted by atomic mass is 16.5. The minimum Gasteiger partial charge on any atom is -0.507 e. The first-order valence-electron chi connectivity index (χ1n) is 11.7. The van der Waals surface area contributed by atoms with Gasteiger partial charge in [-0.25, -0.2) is 0 Å². The van der Waals surface area contributed by atoms with Crippen LogP contribution < -0.4 is 0 Å². The van der Waals surface area contributed by atoms with Crippen molar-refractivity contribution in [1.82, 2.24) is 0 Å². The first kappa shape index (κ1) is 26.1. The fourth-order valence-corrected chi connectivity index (χ4v) is 4.32.